The first kappa shape index (κ1) is 21.3. The fourth-order valence-electron chi connectivity index (χ4n) is 3.61. The predicted molar refractivity (Wildman–Crippen MR) is 130 cm³/mol. The van der Waals surface area contributed by atoms with Crippen molar-refractivity contribution in [2.24, 2.45) is 9.98 Å². The van der Waals surface area contributed by atoms with Gasteiger partial charge in [0, 0.05) is 11.1 Å². The van der Waals surface area contributed by atoms with E-state index in [9.17, 15) is 9.59 Å². The summed E-state index contributed by atoms with van der Waals surface area (Å²) in [5, 5.41) is 0. The van der Waals surface area contributed by atoms with Gasteiger partial charge in [-0.1, -0.05) is 48.5 Å². The van der Waals surface area contributed by atoms with Crippen molar-refractivity contribution in [3.63, 3.8) is 0 Å². The van der Waals surface area contributed by atoms with Gasteiger partial charge in [0.15, 0.2) is 11.4 Å². The van der Waals surface area contributed by atoms with Crippen LogP contribution < -0.4 is 0 Å². The number of hydrogen-bond donors (Lipinski definition) is 0. The normalized spacial score (nSPS) is 17.6. The average molecular weight is 448 g/mol. The molecule has 0 saturated heterocycles. The summed E-state index contributed by atoms with van der Waals surface area (Å²) in [5.41, 5.74) is 5.64. The molecule has 0 unspecified atom stereocenters. The Labute approximate surface area is 196 Å². The molecule has 0 atom stereocenters. The quantitative estimate of drug-likeness (QED) is 0.416. The predicted octanol–water partition coefficient (Wildman–Crippen LogP) is 4.99. The molecule has 0 N–H and O–H groups in total. The molecule has 2 aliphatic rings. The standard InChI is InChI=1S/C28H20N2O4/c1-17-7-3-5-9-21(17)15-23-27(31)33-25(29-23)19-11-13-20(14-12-19)26-30-24(28(32)34-26)16-22-10-6-4-8-18(22)2/h3-16H,1-2H3/b23-15+,24-16+. The van der Waals surface area contributed by atoms with E-state index in [1.807, 2.05) is 62.4 Å². The molecule has 2 aliphatic heterocycles. The number of hydrogen-bond acceptors (Lipinski definition) is 6. The van der Waals surface area contributed by atoms with Crippen LogP contribution in [0.3, 0.4) is 0 Å². The van der Waals surface area contributed by atoms with E-state index in [1.165, 1.54) is 0 Å². The van der Waals surface area contributed by atoms with Crippen LogP contribution in [0.5, 0.6) is 0 Å². The van der Waals surface area contributed by atoms with Crippen LogP contribution in [0.2, 0.25) is 0 Å². The number of aryl methyl sites for hydroxylation is 2. The highest BCUT2D eigenvalue weighted by Crippen LogP contribution is 2.23. The zero-order valence-electron chi connectivity index (χ0n) is 18.6. The second-order valence-corrected chi connectivity index (χ2v) is 7.96. The Morgan fingerprint density at radius 3 is 1.35 bits per heavy atom. The molecule has 0 spiro atoms. The van der Waals surface area contributed by atoms with Crippen LogP contribution in [-0.4, -0.2) is 23.7 Å². The summed E-state index contributed by atoms with van der Waals surface area (Å²) in [5.74, 6) is -0.548. The summed E-state index contributed by atoms with van der Waals surface area (Å²) in [4.78, 5) is 33.3. The number of carbonyl (C=O) groups excluding carboxylic acids is 2. The van der Waals surface area contributed by atoms with Crippen LogP contribution in [-0.2, 0) is 19.1 Å². The zero-order chi connectivity index (χ0) is 23.7. The van der Waals surface area contributed by atoms with E-state index in [2.05, 4.69) is 9.98 Å². The van der Waals surface area contributed by atoms with Crippen molar-refractivity contribution in [2.45, 2.75) is 13.8 Å². The summed E-state index contributed by atoms with van der Waals surface area (Å²) in [7, 11) is 0. The van der Waals surface area contributed by atoms with E-state index in [-0.39, 0.29) is 23.2 Å². The molecular weight excluding hydrogens is 428 g/mol. The highest BCUT2D eigenvalue weighted by molar-refractivity contribution is 6.14. The van der Waals surface area contributed by atoms with Crippen molar-refractivity contribution in [1.29, 1.82) is 0 Å². The molecule has 6 nitrogen and oxygen atoms in total. The summed E-state index contributed by atoms with van der Waals surface area (Å²) in [6.45, 7) is 3.94. The molecular formula is C28H20N2O4. The smallest absolute Gasteiger partial charge is 0.363 e. The minimum absolute atomic E-state index is 0.224. The molecule has 0 aliphatic carbocycles. The number of aliphatic imine (C=N–C) groups is 2. The molecule has 0 saturated carbocycles. The summed E-state index contributed by atoms with van der Waals surface area (Å²) in [6.07, 6.45) is 3.43. The van der Waals surface area contributed by atoms with Crippen LogP contribution in [0.15, 0.2) is 94.2 Å². The molecule has 166 valence electrons. The Kier molecular flexibility index (Phi) is 5.47. The van der Waals surface area contributed by atoms with Crippen LogP contribution in [0, 0.1) is 13.8 Å². The fourth-order valence-corrected chi connectivity index (χ4v) is 3.61. The molecule has 0 radical (unpaired) electrons. The van der Waals surface area contributed by atoms with Crippen molar-refractivity contribution < 1.29 is 19.1 Å². The lowest BCUT2D eigenvalue weighted by Gasteiger charge is -2.02. The van der Waals surface area contributed by atoms with Crippen molar-refractivity contribution in [2.75, 3.05) is 0 Å². The summed E-state index contributed by atoms with van der Waals surface area (Å²) in [6, 6.07) is 22.5. The third-order valence-electron chi connectivity index (χ3n) is 5.58. The maximum Gasteiger partial charge on any atom is 0.363 e. The van der Waals surface area contributed by atoms with Crippen molar-refractivity contribution in [3.8, 4) is 0 Å². The molecule has 6 heteroatoms. The Balaban J connectivity index is 1.38. The second kappa shape index (κ2) is 8.75. The number of esters is 2. The Morgan fingerprint density at radius 2 is 0.971 bits per heavy atom. The van der Waals surface area contributed by atoms with Crippen molar-refractivity contribution >= 4 is 35.9 Å². The van der Waals surface area contributed by atoms with E-state index >= 15 is 0 Å². The van der Waals surface area contributed by atoms with Crippen molar-refractivity contribution in [1.82, 2.24) is 0 Å². The van der Waals surface area contributed by atoms with Gasteiger partial charge < -0.3 is 9.47 Å². The Morgan fingerprint density at radius 1 is 0.588 bits per heavy atom. The summed E-state index contributed by atoms with van der Waals surface area (Å²) >= 11 is 0. The third-order valence-corrected chi connectivity index (χ3v) is 5.58. The monoisotopic (exact) mass is 448 g/mol. The topological polar surface area (TPSA) is 77.3 Å². The lowest BCUT2D eigenvalue weighted by molar-refractivity contribution is -0.130. The molecule has 3 aromatic rings. The van der Waals surface area contributed by atoms with Gasteiger partial charge in [0.25, 0.3) is 0 Å². The van der Waals surface area contributed by atoms with Crippen LogP contribution in [0.25, 0.3) is 12.2 Å². The molecule has 5 rings (SSSR count). The van der Waals surface area contributed by atoms with Gasteiger partial charge in [0.2, 0.25) is 11.8 Å². The Hall–Kier alpha value is -4.58. The molecule has 2 heterocycles. The van der Waals surface area contributed by atoms with Crippen molar-refractivity contribution in [3.05, 3.63) is 118 Å². The first-order valence-corrected chi connectivity index (χ1v) is 10.7. The number of rotatable bonds is 4. The van der Waals surface area contributed by atoms with Gasteiger partial charge in [0.05, 0.1) is 0 Å². The van der Waals surface area contributed by atoms with E-state index in [4.69, 9.17) is 9.47 Å². The molecule has 0 fully saturated rings. The van der Waals surface area contributed by atoms with Gasteiger partial charge in [-0.15, -0.1) is 0 Å². The fraction of sp³-hybridized carbons (Fsp3) is 0.0714. The highest BCUT2D eigenvalue weighted by atomic mass is 16.6. The van der Waals surface area contributed by atoms with Gasteiger partial charge in [-0.2, -0.15) is 0 Å². The van der Waals surface area contributed by atoms with E-state index < -0.39 is 11.9 Å². The first-order valence-electron chi connectivity index (χ1n) is 10.7. The highest BCUT2D eigenvalue weighted by Gasteiger charge is 2.26. The van der Waals surface area contributed by atoms with E-state index in [0.717, 1.165) is 22.3 Å². The third kappa shape index (κ3) is 4.21. The molecule has 0 aromatic heterocycles. The molecule has 34 heavy (non-hydrogen) atoms. The lowest BCUT2D eigenvalue weighted by Crippen LogP contribution is -2.08. The number of nitrogens with zero attached hydrogens (tertiary/aromatic N) is 2. The first-order chi connectivity index (χ1) is 16.5. The molecule has 0 amide bonds. The maximum absolute atomic E-state index is 12.3. The van der Waals surface area contributed by atoms with E-state index in [1.54, 1.807) is 36.4 Å². The second-order valence-electron chi connectivity index (χ2n) is 7.96. The number of benzene rings is 3. The average Bonchev–Trinajstić information content (AvgIpc) is 3.39. The molecule has 0 bridgehead atoms. The van der Waals surface area contributed by atoms with Gasteiger partial charge in [-0.05, 0) is 72.5 Å². The van der Waals surface area contributed by atoms with Gasteiger partial charge in [0.1, 0.15) is 0 Å². The van der Waals surface area contributed by atoms with Crippen LogP contribution in [0.4, 0.5) is 0 Å². The minimum atomic E-state index is -0.498. The minimum Gasteiger partial charge on any atom is -0.402 e. The van der Waals surface area contributed by atoms with E-state index in [0.29, 0.717) is 11.1 Å². The maximum atomic E-state index is 12.3. The SMILES string of the molecule is Cc1ccccc1/C=C1/N=C(c2ccc(C3=N/C(=C/c4ccccc4C)C(=O)O3)cc2)OC1=O. The summed E-state index contributed by atoms with van der Waals surface area (Å²) < 4.78 is 10.7. The zero-order valence-corrected chi connectivity index (χ0v) is 18.6. The van der Waals surface area contributed by atoms with Gasteiger partial charge in [-0.25, -0.2) is 19.6 Å². The number of ether oxygens (including phenoxy) is 2. The lowest BCUT2D eigenvalue weighted by atomic mass is 10.1. The molecule has 3 aromatic carbocycles. The largest absolute Gasteiger partial charge is 0.402 e. The van der Waals surface area contributed by atoms with Gasteiger partial charge in [-0.3, -0.25) is 0 Å². The van der Waals surface area contributed by atoms with Crippen LogP contribution >= 0.6 is 0 Å². The Bertz CT molecular complexity index is 1330. The van der Waals surface area contributed by atoms with Gasteiger partial charge >= 0.3 is 11.9 Å². The number of carbonyl (C=O) groups is 2. The number of cyclic esters (lactones) is 2. The van der Waals surface area contributed by atoms with Crippen LogP contribution in [0.1, 0.15) is 33.4 Å².